The summed E-state index contributed by atoms with van der Waals surface area (Å²) in [7, 11) is 0. The number of hydrogen-bond acceptors (Lipinski definition) is 4. The molecule has 2 rings (SSSR count). The first-order chi connectivity index (χ1) is 8.42. The molecule has 0 aliphatic carbocycles. The van der Waals surface area contributed by atoms with Crippen LogP contribution in [0.5, 0.6) is 0 Å². The van der Waals surface area contributed by atoms with Gasteiger partial charge in [-0.3, -0.25) is 9.69 Å². The van der Waals surface area contributed by atoms with E-state index in [0.717, 1.165) is 5.69 Å². The highest BCUT2D eigenvalue weighted by atomic mass is 16.4. The minimum atomic E-state index is -1.09. The lowest BCUT2D eigenvalue weighted by atomic mass is 10.0. The van der Waals surface area contributed by atoms with E-state index in [-0.39, 0.29) is 0 Å². The Kier molecular flexibility index (Phi) is 3.41. The lowest BCUT2D eigenvalue weighted by molar-refractivity contribution is -0.142. The Morgan fingerprint density at radius 3 is 2.94 bits per heavy atom. The van der Waals surface area contributed by atoms with Gasteiger partial charge in [0, 0.05) is 31.9 Å². The van der Waals surface area contributed by atoms with Crippen molar-refractivity contribution in [1.82, 2.24) is 14.5 Å². The van der Waals surface area contributed by atoms with Crippen LogP contribution < -0.4 is 5.73 Å². The molecule has 0 saturated carbocycles. The summed E-state index contributed by atoms with van der Waals surface area (Å²) >= 11 is 0. The number of hydrogen-bond donors (Lipinski definition) is 2. The molecule has 0 aromatic carbocycles. The standard InChI is InChI=1S/C12H20N4O2/c1-9(2)16-8-14-5-10(16)6-15-4-3-12(13,7-15)11(17)18/h5,8-9H,3-4,6-7,13H2,1-2H3,(H,17,18). The van der Waals surface area contributed by atoms with E-state index >= 15 is 0 Å². The predicted octanol–water partition coefficient (Wildman–Crippen LogP) is 0.452. The number of nitrogens with zero attached hydrogens (tertiary/aromatic N) is 3. The maximum absolute atomic E-state index is 11.1. The summed E-state index contributed by atoms with van der Waals surface area (Å²) < 4.78 is 2.09. The van der Waals surface area contributed by atoms with Crippen LogP contribution in [0.3, 0.4) is 0 Å². The molecule has 1 unspecified atom stereocenters. The molecule has 6 nitrogen and oxygen atoms in total. The second kappa shape index (κ2) is 4.70. The summed E-state index contributed by atoms with van der Waals surface area (Å²) in [6, 6.07) is 0.354. The number of likely N-dealkylation sites (tertiary alicyclic amines) is 1. The van der Waals surface area contributed by atoms with Crippen LogP contribution in [-0.4, -0.2) is 44.2 Å². The SMILES string of the molecule is CC(C)n1cncc1CN1CCC(N)(C(=O)O)C1. The fourth-order valence-corrected chi connectivity index (χ4v) is 2.37. The number of carboxylic acids is 1. The van der Waals surface area contributed by atoms with Gasteiger partial charge in [-0.05, 0) is 20.3 Å². The van der Waals surface area contributed by atoms with Crippen LogP contribution in [0.1, 0.15) is 32.0 Å². The number of carbonyl (C=O) groups is 1. The van der Waals surface area contributed by atoms with Crippen LogP contribution in [0.15, 0.2) is 12.5 Å². The monoisotopic (exact) mass is 252 g/mol. The molecule has 2 heterocycles. The Morgan fingerprint density at radius 1 is 1.67 bits per heavy atom. The average Bonchev–Trinajstić information content (AvgIpc) is 2.87. The molecule has 0 radical (unpaired) electrons. The third-order valence-electron chi connectivity index (χ3n) is 3.49. The van der Waals surface area contributed by atoms with E-state index in [1.54, 1.807) is 0 Å². The summed E-state index contributed by atoms with van der Waals surface area (Å²) in [5.74, 6) is -0.914. The molecular formula is C12H20N4O2. The fourth-order valence-electron chi connectivity index (χ4n) is 2.37. The van der Waals surface area contributed by atoms with Crippen LogP contribution in [-0.2, 0) is 11.3 Å². The van der Waals surface area contributed by atoms with Gasteiger partial charge in [-0.25, -0.2) is 4.98 Å². The highest BCUT2D eigenvalue weighted by Gasteiger charge is 2.41. The van der Waals surface area contributed by atoms with Gasteiger partial charge in [0.1, 0.15) is 5.54 Å². The first-order valence-electron chi connectivity index (χ1n) is 6.18. The quantitative estimate of drug-likeness (QED) is 0.813. The smallest absolute Gasteiger partial charge is 0.325 e. The van der Waals surface area contributed by atoms with Crippen molar-refractivity contribution in [2.75, 3.05) is 13.1 Å². The Hall–Kier alpha value is -1.40. The molecule has 1 fully saturated rings. The topological polar surface area (TPSA) is 84.4 Å². The molecule has 1 aromatic heterocycles. The van der Waals surface area contributed by atoms with E-state index < -0.39 is 11.5 Å². The molecule has 6 heteroatoms. The van der Waals surface area contributed by atoms with Crippen molar-refractivity contribution in [3.8, 4) is 0 Å². The number of aliphatic carboxylic acids is 1. The van der Waals surface area contributed by atoms with E-state index in [1.165, 1.54) is 0 Å². The number of imidazole rings is 1. The third-order valence-corrected chi connectivity index (χ3v) is 3.49. The van der Waals surface area contributed by atoms with Crippen LogP contribution >= 0.6 is 0 Å². The lowest BCUT2D eigenvalue weighted by Crippen LogP contribution is -2.50. The van der Waals surface area contributed by atoms with Gasteiger partial charge in [-0.1, -0.05) is 0 Å². The van der Waals surface area contributed by atoms with Gasteiger partial charge in [-0.2, -0.15) is 0 Å². The summed E-state index contributed by atoms with van der Waals surface area (Å²) in [6.45, 7) is 6.00. The van der Waals surface area contributed by atoms with Gasteiger partial charge in [0.05, 0.1) is 12.0 Å². The summed E-state index contributed by atoms with van der Waals surface area (Å²) in [5, 5.41) is 9.09. The second-order valence-electron chi connectivity index (χ2n) is 5.31. The molecule has 1 aromatic rings. The van der Waals surface area contributed by atoms with Gasteiger partial charge in [-0.15, -0.1) is 0 Å². The molecule has 1 aliphatic rings. The Bertz CT molecular complexity index is 443. The molecule has 0 spiro atoms. The van der Waals surface area contributed by atoms with Crippen molar-refractivity contribution < 1.29 is 9.90 Å². The first kappa shape index (κ1) is 13.0. The Balaban J connectivity index is 2.04. The van der Waals surface area contributed by atoms with E-state index in [4.69, 9.17) is 10.8 Å². The summed E-state index contributed by atoms with van der Waals surface area (Å²) in [4.78, 5) is 17.3. The highest BCUT2D eigenvalue weighted by Crippen LogP contribution is 2.21. The van der Waals surface area contributed by atoms with Crippen LogP contribution in [0.25, 0.3) is 0 Å². The molecular weight excluding hydrogens is 232 g/mol. The van der Waals surface area contributed by atoms with Crippen molar-refractivity contribution in [1.29, 1.82) is 0 Å². The zero-order valence-corrected chi connectivity index (χ0v) is 10.8. The second-order valence-corrected chi connectivity index (χ2v) is 5.31. The van der Waals surface area contributed by atoms with Gasteiger partial charge >= 0.3 is 5.97 Å². The lowest BCUT2D eigenvalue weighted by Gasteiger charge is -2.21. The van der Waals surface area contributed by atoms with Gasteiger partial charge in [0.2, 0.25) is 0 Å². The first-order valence-corrected chi connectivity index (χ1v) is 6.18. The van der Waals surface area contributed by atoms with E-state index in [2.05, 4.69) is 28.3 Å². The van der Waals surface area contributed by atoms with Gasteiger partial charge in [0.25, 0.3) is 0 Å². The minimum Gasteiger partial charge on any atom is -0.480 e. The molecule has 1 atom stereocenters. The predicted molar refractivity (Wildman–Crippen MR) is 67.1 cm³/mol. The summed E-state index contributed by atoms with van der Waals surface area (Å²) in [6.07, 6.45) is 4.14. The van der Waals surface area contributed by atoms with Crippen LogP contribution in [0.4, 0.5) is 0 Å². The molecule has 1 aliphatic heterocycles. The number of rotatable bonds is 4. The number of nitrogens with two attached hydrogens (primary N) is 1. The normalized spacial score (nSPS) is 24.9. The fraction of sp³-hybridized carbons (Fsp3) is 0.667. The molecule has 0 bridgehead atoms. The van der Waals surface area contributed by atoms with Crippen molar-refractivity contribution in [2.45, 2.75) is 38.4 Å². The summed E-state index contributed by atoms with van der Waals surface area (Å²) in [5.41, 5.74) is 5.86. The van der Waals surface area contributed by atoms with Gasteiger partial charge < -0.3 is 15.4 Å². The van der Waals surface area contributed by atoms with Crippen molar-refractivity contribution in [2.24, 2.45) is 5.73 Å². The zero-order valence-electron chi connectivity index (χ0n) is 10.8. The number of carboxylic acid groups (broad SMARTS) is 1. The Labute approximate surface area is 106 Å². The maximum atomic E-state index is 11.1. The van der Waals surface area contributed by atoms with E-state index in [1.807, 2.05) is 12.5 Å². The number of aromatic nitrogens is 2. The third kappa shape index (κ3) is 2.39. The van der Waals surface area contributed by atoms with Crippen molar-refractivity contribution in [3.63, 3.8) is 0 Å². The van der Waals surface area contributed by atoms with E-state index in [9.17, 15) is 4.79 Å². The van der Waals surface area contributed by atoms with Crippen LogP contribution in [0, 0.1) is 0 Å². The highest BCUT2D eigenvalue weighted by molar-refractivity contribution is 5.79. The Morgan fingerprint density at radius 2 is 2.39 bits per heavy atom. The van der Waals surface area contributed by atoms with E-state index in [0.29, 0.717) is 32.1 Å². The van der Waals surface area contributed by atoms with Gasteiger partial charge in [0.15, 0.2) is 0 Å². The van der Waals surface area contributed by atoms with Crippen molar-refractivity contribution in [3.05, 3.63) is 18.2 Å². The maximum Gasteiger partial charge on any atom is 0.325 e. The largest absolute Gasteiger partial charge is 0.480 e. The molecule has 1 saturated heterocycles. The molecule has 100 valence electrons. The average molecular weight is 252 g/mol. The molecule has 0 amide bonds. The van der Waals surface area contributed by atoms with Crippen LogP contribution in [0.2, 0.25) is 0 Å². The van der Waals surface area contributed by atoms with Crippen molar-refractivity contribution >= 4 is 5.97 Å². The zero-order chi connectivity index (χ0) is 13.3. The molecule has 3 N–H and O–H groups in total. The minimum absolute atomic E-state index is 0.354. The molecule has 18 heavy (non-hydrogen) atoms.